The quantitative estimate of drug-likeness (QED) is 0.229. The molecule has 8 rings (SSSR count). The van der Waals surface area contributed by atoms with Gasteiger partial charge in [0.05, 0.1) is 17.0 Å². The number of allylic oxidation sites excluding steroid dienone is 16. The van der Waals surface area contributed by atoms with E-state index in [9.17, 15) is 0 Å². The van der Waals surface area contributed by atoms with E-state index < -0.39 is 0 Å². The molecule has 1 unspecified atom stereocenters. The molecule has 0 spiro atoms. The summed E-state index contributed by atoms with van der Waals surface area (Å²) in [5.74, 6) is 1.37. The second-order valence-corrected chi connectivity index (χ2v) is 13.8. The van der Waals surface area contributed by atoms with Crippen LogP contribution in [-0.2, 0) is 0 Å². The summed E-state index contributed by atoms with van der Waals surface area (Å²) in [6.45, 7) is 10.7. The molecule has 6 heterocycles. The first-order chi connectivity index (χ1) is 28.4. The second kappa shape index (κ2) is 18.1. The zero-order valence-corrected chi connectivity index (χ0v) is 33.1. The first-order valence-corrected chi connectivity index (χ1v) is 19.3. The lowest BCUT2D eigenvalue weighted by Crippen LogP contribution is -2.24. The fraction of sp³-hybridized carbons (Fsp3) is 0.208. The molecule has 3 aromatic rings. The third kappa shape index (κ3) is 8.88. The van der Waals surface area contributed by atoms with E-state index in [0.29, 0.717) is 69.8 Å². The fourth-order valence-electron chi connectivity index (χ4n) is 6.37. The van der Waals surface area contributed by atoms with E-state index in [4.69, 9.17) is 18.8 Å². The number of hydrogen-bond donors (Lipinski definition) is 0. The van der Waals surface area contributed by atoms with E-state index >= 15 is 0 Å². The van der Waals surface area contributed by atoms with Crippen molar-refractivity contribution in [2.24, 2.45) is 26.3 Å². The maximum Gasteiger partial charge on any atom is 0.266 e. The number of aliphatic imine (C=N–C) groups is 3. The molecular formula is C48H42N8O2. The molecule has 0 saturated carbocycles. The van der Waals surface area contributed by atoms with Gasteiger partial charge in [-0.2, -0.15) is 0 Å². The van der Waals surface area contributed by atoms with Crippen LogP contribution >= 0.6 is 0 Å². The lowest BCUT2D eigenvalue weighted by Gasteiger charge is -2.34. The van der Waals surface area contributed by atoms with Gasteiger partial charge in [-0.05, 0) is 103 Å². The summed E-state index contributed by atoms with van der Waals surface area (Å²) in [5, 5.41) is 17.6. The molecule has 0 bridgehead atoms. The molecular weight excluding hydrogens is 721 g/mol. The van der Waals surface area contributed by atoms with Crippen molar-refractivity contribution in [3.8, 4) is 11.6 Å². The van der Waals surface area contributed by atoms with E-state index in [1.807, 2.05) is 92.8 Å². The van der Waals surface area contributed by atoms with E-state index in [2.05, 4.69) is 92.3 Å². The number of rotatable bonds is 6. The van der Waals surface area contributed by atoms with E-state index in [1.54, 1.807) is 24.6 Å². The van der Waals surface area contributed by atoms with Crippen molar-refractivity contribution in [3.05, 3.63) is 179 Å². The van der Waals surface area contributed by atoms with Crippen LogP contribution in [0, 0.1) is 11.3 Å². The van der Waals surface area contributed by atoms with Gasteiger partial charge in [-0.1, -0.05) is 94.2 Å². The minimum Gasteiger partial charge on any atom is -0.415 e. The zero-order chi connectivity index (χ0) is 40.3. The topological polar surface area (TPSA) is 128 Å². The predicted octanol–water partition coefficient (Wildman–Crippen LogP) is 10.6. The second-order valence-electron chi connectivity index (χ2n) is 13.8. The highest BCUT2D eigenvalue weighted by molar-refractivity contribution is 6.14. The fourth-order valence-corrected chi connectivity index (χ4v) is 6.37. The molecule has 0 saturated heterocycles. The molecule has 0 radical (unpaired) electrons. The largest absolute Gasteiger partial charge is 0.415 e. The SMILES string of the molecule is CC.CC1/C=C(/c2nnc(C3=NC(C4=NC=CCC=C4)=C=CC=C3)o2)C=C=CC/C2=C(/C=C=C(c3nnc(-c4cccc(C5=C=CC=CC=N5)n4)o3)C=CC2)C1(C)C. The average molecular weight is 763 g/mol. The van der Waals surface area contributed by atoms with Gasteiger partial charge in [-0.3, -0.25) is 4.99 Å². The Balaban J connectivity index is 0.00000252. The van der Waals surface area contributed by atoms with Crippen molar-refractivity contribution in [2.45, 2.75) is 53.9 Å². The summed E-state index contributed by atoms with van der Waals surface area (Å²) in [6, 6.07) is 5.59. The molecule has 3 aromatic heterocycles. The smallest absolute Gasteiger partial charge is 0.266 e. The maximum atomic E-state index is 6.27. The summed E-state index contributed by atoms with van der Waals surface area (Å²) in [7, 11) is 0. The zero-order valence-electron chi connectivity index (χ0n) is 33.1. The molecule has 2 aliphatic carbocycles. The van der Waals surface area contributed by atoms with Crippen LogP contribution in [0.15, 0.2) is 179 Å². The Labute approximate surface area is 338 Å². The summed E-state index contributed by atoms with van der Waals surface area (Å²) in [5.41, 5.74) is 20.4. The third-order valence-electron chi connectivity index (χ3n) is 9.76. The predicted molar refractivity (Wildman–Crippen MR) is 230 cm³/mol. The van der Waals surface area contributed by atoms with Gasteiger partial charge in [-0.15, -0.1) is 31.9 Å². The van der Waals surface area contributed by atoms with Gasteiger partial charge < -0.3 is 8.83 Å². The molecule has 5 aliphatic rings. The van der Waals surface area contributed by atoms with Crippen molar-refractivity contribution >= 4 is 34.5 Å². The van der Waals surface area contributed by atoms with Crippen molar-refractivity contribution in [3.63, 3.8) is 0 Å². The van der Waals surface area contributed by atoms with E-state index in [1.165, 1.54) is 5.57 Å². The first-order valence-electron chi connectivity index (χ1n) is 19.3. The number of aromatic nitrogens is 5. The Morgan fingerprint density at radius 2 is 1.53 bits per heavy atom. The van der Waals surface area contributed by atoms with E-state index in [-0.39, 0.29) is 11.3 Å². The molecule has 0 fully saturated rings. The molecule has 10 heteroatoms. The Kier molecular flexibility index (Phi) is 12.2. The minimum absolute atomic E-state index is 0.0349. The highest BCUT2D eigenvalue weighted by Crippen LogP contribution is 2.42. The van der Waals surface area contributed by atoms with Crippen LogP contribution in [0.2, 0.25) is 0 Å². The highest BCUT2D eigenvalue weighted by atomic mass is 16.4. The van der Waals surface area contributed by atoms with Crippen molar-refractivity contribution in [1.29, 1.82) is 0 Å². The van der Waals surface area contributed by atoms with Crippen LogP contribution in [-0.4, -0.2) is 43.0 Å². The Bertz CT molecular complexity index is 2700. The van der Waals surface area contributed by atoms with Crippen LogP contribution in [0.25, 0.3) is 28.4 Å². The van der Waals surface area contributed by atoms with Gasteiger partial charge in [0, 0.05) is 18.0 Å². The van der Waals surface area contributed by atoms with Crippen LogP contribution in [0.1, 0.15) is 77.2 Å². The normalized spacial score (nSPS) is 21.4. The highest BCUT2D eigenvalue weighted by Gasteiger charge is 2.31. The van der Waals surface area contributed by atoms with Gasteiger partial charge in [0.25, 0.3) is 17.7 Å². The minimum atomic E-state index is -0.323. The summed E-state index contributed by atoms with van der Waals surface area (Å²) in [4.78, 5) is 18.4. The van der Waals surface area contributed by atoms with E-state index in [0.717, 1.165) is 24.0 Å². The summed E-state index contributed by atoms with van der Waals surface area (Å²) in [6.07, 6.45) is 34.9. The lowest BCUT2D eigenvalue weighted by molar-refractivity contribution is 0.347. The Morgan fingerprint density at radius 3 is 2.45 bits per heavy atom. The Hall–Kier alpha value is -7.30. The number of hydrogen-bond acceptors (Lipinski definition) is 10. The van der Waals surface area contributed by atoms with Crippen molar-refractivity contribution in [2.75, 3.05) is 0 Å². The first kappa shape index (κ1) is 39.0. The molecule has 286 valence electrons. The lowest BCUT2D eigenvalue weighted by atomic mass is 9.70. The van der Waals surface area contributed by atoms with Crippen LogP contribution in [0.3, 0.4) is 0 Å². The molecule has 58 heavy (non-hydrogen) atoms. The molecule has 0 N–H and O–H groups in total. The monoisotopic (exact) mass is 762 g/mol. The van der Waals surface area contributed by atoms with Crippen LogP contribution in [0.4, 0.5) is 0 Å². The van der Waals surface area contributed by atoms with Gasteiger partial charge >= 0.3 is 0 Å². The van der Waals surface area contributed by atoms with Gasteiger partial charge in [0.15, 0.2) is 0 Å². The summed E-state index contributed by atoms with van der Waals surface area (Å²) < 4.78 is 12.5. The molecule has 0 amide bonds. The third-order valence-corrected chi connectivity index (χ3v) is 9.76. The van der Waals surface area contributed by atoms with Gasteiger partial charge in [-0.25, -0.2) is 15.0 Å². The van der Waals surface area contributed by atoms with Gasteiger partial charge in [0.1, 0.15) is 22.8 Å². The van der Waals surface area contributed by atoms with Gasteiger partial charge in [0.2, 0.25) is 5.89 Å². The van der Waals surface area contributed by atoms with Crippen LogP contribution in [0.5, 0.6) is 0 Å². The molecule has 3 aliphatic heterocycles. The summed E-state index contributed by atoms with van der Waals surface area (Å²) >= 11 is 0. The van der Waals surface area contributed by atoms with Crippen molar-refractivity contribution in [1.82, 2.24) is 25.4 Å². The molecule has 1 atom stereocenters. The number of nitrogens with zero attached hydrogens (tertiary/aromatic N) is 8. The molecule has 0 aromatic carbocycles. The Morgan fingerprint density at radius 1 is 0.741 bits per heavy atom. The maximum absolute atomic E-state index is 6.27. The van der Waals surface area contributed by atoms with Crippen molar-refractivity contribution < 1.29 is 8.83 Å². The van der Waals surface area contributed by atoms with Crippen LogP contribution < -0.4 is 0 Å². The number of pyridine rings is 1. The molecule has 10 nitrogen and oxygen atoms in total. The standard InChI is InChI=1S/C46H36N8O2.C2H6/c1-31-30-34(43-52-54-44(56-43)40-23-11-10-22-38(49-40)36-20-6-4-12-28-47-36)17-9-8-16-32-18-14-19-33(26-27-35(32)46(31,2)3)42-51-53-45(55-42)41-25-15-24-39(50-41)37-21-7-5-13-29-48-37;1-2/h5-8,10-15,17,19-20,23-25,27-31H,4,16,18H2,1-3H3;1-2H3/b19-14?,34-30+,35-32+;. The average Bonchev–Trinajstić information content (AvgIpc) is 3.62.